The molecule has 0 aromatic rings. The summed E-state index contributed by atoms with van der Waals surface area (Å²) in [7, 11) is 0. The van der Waals surface area contributed by atoms with Crippen LogP contribution in [0.3, 0.4) is 0 Å². The van der Waals surface area contributed by atoms with E-state index in [0.29, 0.717) is 0 Å². The number of nitrogens with zero attached hydrogens (tertiary/aromatic N) is 2. The molecule has 14 heavy (non-hydrogen) atoms. The minimum absolute atomic E-state index is 0.0444. The third-order valence-electron chi connectivity index (χ3n) is 2.82. The van der Waals surface area contributed by atoms with Gasteiger partial charge in [-0.1, -0.05) is 19.3 Å². The Kier molecular flexibility index (Phi) is 4.33. The first kappa shape index (κ1) is 11.4. The molecule has 0 amide bonds. The van der Waals surface area contributed by atoms with Gasteiger partial charge >= 0.3 is 0 Å². The zero-order valence-corrected chi connectivity index (χ0v) is 8.56. The average molecular weight is 198 g/mol. The van der Waals surface area contributed by atoms with Crippen molar-refractivity contribution in [3.63, 3.8) is 0 Å². The van der Waals surface area contributed by atoms with Crippen molar-refractivity contribution < 1.29 is 10.3 Å². The fourth-order valence-corrected chi connectivity index (χ4v) is 1.96. The summed E-state index contributed by atoms with van der Waals surface area (Å²) in [6.45, 7) is 1.53. The minimum Gasteiger partial charge on any atom is -0.391 e. The summed E-state index contributed by atoms with van der Waals surface area (Å²) in [5.41, 5.74) is 0. The Bertz CT molecular complexity index is 207. The summed E-state index contributed by atoms with van der Waals surface area (Å²) in [4.78, 5) is 0. The summed E-state index contributed by atoms with van der Waals surface area (Å²) in [6.07, 6.45) is 4.42. The van der Waals surface area contributed by atoms with E-state index in [1.807, 2.05) is 6.07 Å². The van der Waals surface area contributed by atoms with Crippen LogP contribution in [0.5, 0.6) is 0 Å². The zero-order valence-electron chi connectivity index (χ0n) is 8.56. The predicted molar refractivity (Wildman–Crippen MR) is 51.6 cm³/mol. The lowest BCUT2D eigenvalue weighted by molar-refractivity contribution is -0.172. The van der Waals surface area contributed by atoms with Crippen LogP contribution < -0.4 is 0 Å². The van der Waals surface area contributed by atoms with Crippen LogP contribution in [0.1, 0.15) is 39.0 Å². The number of aliphatic hydroxyl groups is 1. The van der Waals surface area contributed by atoms with Crippen LogP contribution in [0.15, 0.2) is 0 Å². The van der Waals surface area contributed by atoms with Crippen LogP contribution >= 0.6 is 0 Å². The lowest BCUT2D eigenvalue weighted by Crippen LogP contribution is -2.46. The van der Waals surface area contributed by atoms with Gasteiger partial charge in [0.1, 0.15) is 6.04 Å². The second-order valence-electron chi connectivity index (χ2n) is 3.99. The largest absolute Gasteiger partial charge is 0.391 e. The first-order chi connectivity index (χ1) is 6.66. The van der Waals surface area contributed by atoms with Gasteiger partial charge < -0.3 is 10.3 Å². The Morgan fingerprint density at radius 2 is 1.93 bits per heavy atom. The molecule has 2 unspecified atom stereocenters. The van der Waals surface area contributed by atoms with Gasteiger partial charge in [-0.2, -0.15) is 10.3 Å². The molecule has 0 heterocycles. The highest BCUT2D eigenvalue weighted by Crippen LogP contribution is 2.23. The number of rotatable bonds is 3. The van der Waals surface area contributed by atoms with Crippen molar-refractivity contribution >= 4 is 0 Å². The lowest BCUT2D eigenvalue weighted by Gasteiger charge is -2.32. The fraction of sp³-hybridized carbons (Fsp3) is 0.900. The topological polar surface area (TPSA) is 67.5 Å². The van der Waals surface area contributed by atoms with Crippen molar-refractivity contribution in [2.75, 3.05) is 0 Å². The van der Waals surface area contributed by atoms with E-state index in [4.69, 9.17) is 5.26 Å². The van der Waals surface area contributed by atoms with Crippen molar-refractivity contribution in [1.82, 2.24) is 5.06 Å². The molecule has 1 rings (SSSR count). The van der Waals surface area contributed by atoms with Crippen molar-refractivity contribution in [3.05, 3.63) is 0 Å². The standard InChI is InChI=1S/C10H18N2O2/c1-8(13)10(7-11)12(14)9-5-3-2-4-6-9/h8-10,13-14H,2-6H2,1H3. The number of nitriles is 1. The Hall–Kier alpha value is -0.630. The summed E-state index contributed by atoms with van der Waals surface area (Å²) < 4.78 is 0. The maximum absolute atomic E-state index is 9.75. The summed E-state index contributed by atoms with van der Waals surface area (Å²) in [5, 5.41) is 28.9. The van der Waals surface area contributed by atoms with Gasteiger partial charge in [0.05, 0.1) is 12.2 Å². The SMILES string of the molecule is CC(O)C(C#N)N(O)C1CCCCC1. The molecule has 0 aliphatic heterocycles. The second-order valence-corrected chi connectivity index (χ2v) is 3.99. The van der Waals surface area contributed by atoms with Crippen LogP contribution in [-0.4, -0.2) is 33.6 Å². The number of aliphatic hydroxyl groups excluding tert-OH is 1. The first-order valence-corrected chi connectivity index (χ1v) is 5.21. The van der Waals surface area contributed by atoms with Crippen molar-refractivity contribution in [1.29, 1.82) is 5.26 Å². The third-order valence-corrected chi connectivity index (χ3v) is 2.82. The highest BCUT2D eigenvalue weighted by molar-refractivity contribution is 4.95. The Morgan fingerprint density at radius 3 is 2.36 bits per heavy atom. The summed E-state index contributed by atoms with van der Waals surface area (Å²) in [5.74, 6) is 0. The van der Waals surface area contributed by atoms with Gasteiger partial charge in [0, 0.05) is 6.04 Å². The number of hydrogen-bond acceptors (Lipinski definition) is 4. The molecule has 0 aromatic heterocycles. The lowest BCUT2D eigenvalue weighted by atomic mass is 9.94. The van der Waals surface area contributed by atoms with E-state index < -0.39 is 12.1 Å². The van der Waals surface area contributed by atoms with Crippen LogP contribution in [0.2, 0.25) is 0 Å². The predicted octanol–water partition coefficient (Wildman–Crippen LogP) is 1.28. The van der Waals surface area contributed by atoms with E-state index in [1.165, 1.54) is 13.3 Å². The van der Waals surface area contributed by atoms with Gasteiger partial charge in [0.25, 0.3) is 0 Å². The van der Waals surface area contributed by atoms with E-state index in [9.17, 15) is 10.3 Å². The molecule has 0 bridgehead atoms. The van der Waals surface area contributed by atoms with E-state index in [2.05, 4.69) is 0 Å². The zero-order chi connectivity index (χ0) is 10.6. The van der Waals surface area contributed by atoms with Gasteiger partial charge in [-0.3, -0.25) is 0 Å². The molecule has 1 aliphatic carbocycles. The monoisotopic (exact) mass is 198 g/mol. The molecule has 1 fully saturated rings. The Morgan fingerprint density at radius 1 is 1.36 bits per heavy atom. The smallest absolute Gasteiger partial charge is 0.147 e. The van der Waals surface area contributed by atoms with Gasteiger partial charge in [0.2, 0.25) is 0 Å². The van der Waals surface area contributed by atoms with Crippen LogP contribution in [0.25, 0.3) is 0 Å². The van der Waals surface area contributed by atoms with Gasteiger partial charge in [-0.05, 0) is 19.8 Å². The molecule has 0 aromatic carbocycles. The third kappa shape index (κ3) is 2.68. The summed E-state index contributed by atoms with van der Waals surface area (Å²) >= 11 is 0. The van der Waals surface area contributed by atoms with Crippen LogP contribution in [-0.2, 0) is 0 Å². The normalized spacial score (nSPS) is 23.1. The molecular weight excluding hydrogens is 180 g/mol. The maximum Gasteiger partial charge on any atom is 0.147 e. The second kappa shape index (κ2) is 5.30. The molecule has 4 heteroatoms. The molecule has 2 N–H and O–H groups in total. The molecule has 1 aliphatic rings. The van der Waals surface area contributed by atoms with Crippen molar-refractivity contribution in [2.24, 2.45) is 0 Å². The molecule has 2 atom stereocenters. The first-order valence-electron chi connectivity index (χ1n) is 5.21. The van der Waals surface area contributed by atoms with Crippen LogP contribution in [0, 0.1) is 11.3 Å². The van der Waals surface area contributed by atoms with Gasteiger partial charge in [-0.25, -0.2) is 0 Å². The highest BCUT2D eigenvalue weighted by Gasteiger charge is 2.29. The fourth-order valence-electron chi connectivity index (χ4n) is 1.96. The Balaban J connectivity index is 2.53. The van der Waals surface area contributed by atoms with Gasteiger partial charge in [-0.15, -0.1) is 0 Å². The number of hydroxylamine groups is 2. The molecule has 0 saturated heterocycles. The Labute approximate surface area is 84.7 Å². The van der Waals surface area contributed by atoms with E-state index >= 15 is 0 Å². The minimum atomic E-state index is -0.813. The molecule has 0 spiro atoms. The van der Waals surface area contributed by atoms with Crippen molar-refractivity contribution in [2.45, 2.75) is 57.2 Å². The molecule has 1 saturated carbocycles. The van der Waals surface area contributed by atoms with Crippen LogP contribution in [0.4, 0.5) is 0 Å². The van der Waals surface area contributed by atoms with E-state index in [1.54, 1.807) is 0 Å². The van der Waals surface area contributed by atoms with Crippen molar-refractivity contribution in [3.8, 4) is 6.07 Å². The highest BCUT2D eigenvalue weighted by atomic mass is 16.5. The molecule has 80 valence electrons. The number of hydrogen-bond donors (Lipinski definition) is 2. The average Bonchev–Trinajstić information content (AvgIpc) is 2.19. The molecular formula is C10H18N2O2. The van der Waals surface area contributed by atoms with E-state index in [-0.39, 0.29) is 6.04 Å². The van der Waals surface area contributed by atoms with Gasteiger partial charge in [0.15, 0.2) is 0 Å². The quantitative estimate of drug-likeness (QED) is 0.670. The molecule has 4 nitrogen and oxygen atoms in total. The molecule has 0 radical (unpaired) electrons. The maximum atomic E-state index is 9.75. The van der Waals surface area contributed by atoms with E-state index in [0.717, 1.165) is 30.7 Å². The summed E-state index contributed by atoms with van der Waals surface area (Å²) in [6, 6.07) is 1.18.